The van der Waals surface area contributed by atoms with Crippen LogP contribution in [-0.2, 0) is 11.3 Å². The molecule has 0 heterocycles. The Morgan fingerprint density at radius 3 is 2.58 bits per heavy atom. The summed E-state index contributed by atoms with van der Waals surface area (Å²) >= 11 is 0. The van der Waals surface area contributed by atoms with E-state index in [4.69, 9.17) is 5.11 Å². The zero-order chi connectivity index (χ0) is 13.7. The van der Waals surface area contributed by atoms with Crippen molar-refractivity contribution in [3.63, 3.8) is 0 Å². The van der Waals surface area contributed by atoms with Crippen molar-refractivity contribution in [3.8, 4) is 0 Å². The fourth-order valence-corrected chi connectivity index (χ4v) is 2.35. The number of benzene rings is 1. The summed E-state index contributed by atoms with van der Waals surface area (Å²) in [5.41, 5.74) is 1.03. The highest BCUT2D eigenvalue weighted by Crippen LogP contribution is 2.25. The van der Waals surface area contributed by atoms with Gasteiger partial charge in [0.05, 0.1) is 5.92 Å². The van der Waals surface area contributed by atoms with Crippen molar-refractivity contribution < 1.29 is 14.7 Å². The van der Waals surface area contributed by atoms with Crippen LogP contribution in [0.2, 0.25) is 0 Å². The maximum atomic E-state index is 11.7. The molecule has 1 aliphatic carbocycles. The maximum Gasteiger partial charge on any atom is 0.315 e. The Kier molecular flexibility index (Phi) is 4.39. The largest absolute Gasteiger partial charge is 0.481 e. The summed E-state index contributed by atoms with van der Waals surface area (Å²) in [4.78, 5) is 22.5. The number of hydrogen-bond donors (Lipinski definition) is 3. The second-order valence-corrected chi connectivity index (χ2v) is 4.86. The van der Waals surface area contributed by atoms with Crippen molar-refractivity contribution in [1.29, 1.82) is 0 Å². The molecule has 0 spiro atoms. The van der Waals surface area contributed by atoms with Gasteiger partial charge in [-0.25, -0.2) is 4.79 Å². The smallest absolute Gasteiger partial charge is 0.315 e. The van der Waals surface area contributed by atoms with Gasteiger partial charge in [0.15, 0.2) is 0 Å². The van der Waals surface area contributed by atoms with E-state index in [2.05, 4.69) is 10.6 Å². The lowest BCUT2D eigenvalue weighted by molar-refractivity contribution is -0.141. The summed E-state index contributed by atoms with van der Waals surface area (Å²) in [6.45, 7) is 0.474. The summed E-state index contributed by atoms with van der Waals surface area (Å²) < 4.78 is 0. The van der Waals surface area contributed by atoms with E-state index in [1.54, 1.807) is 0 Å². The first kappa shape index (κ1) is 13.4. The SMILES string of the molecule is O=C(NCc1ccccc1)N[C@H]1CC[C@@H](C(=O)O)C1. The van der Waals surface area contributed by atoms with E-state index >= 15 is 0 Å². The fraction of sp³-hybridized carbons (Fsp3) is 0.429. The van der Waals surface area contributed by atoms with Gasteiger partial charge in [0.2, 0.25) is 0 Å². The monoisotopic (exact) mass is 262 g/mol. The molecular formula is C14H18N2O3. The summed E-state index contributed by atoms with van der Waals surface area (Å²) in [7, 11) is 0. The Balaban J connectivity index is 1.72. The molecule has 19 heavy (non-hydrogen) atoms. The van der Waals surface area contributed by atoms with Crippen molar-refractivity contribution in [1.82, 2.24) is 10.6 Å². The third kappa shape index (κ3) is 3.98. The first-order chi connectivity index (χ1) is 9.15. The van der Waals surface area contributed by atoms with Gasteiger partial charge in [0.25, 0.3) is 0 Å². The normalized spacial score (nSPS) is 21.9. The van der Waals surface area contributed by atoms with Crippen molar-refractivity contribution in [3.05, 3.63) is 35.9 Å². The average Bonchev–Trinajstić information content (AvgIpc) is 2.86. The van der Waals surface area contributed by atoms with Gasteiger partial charge in [-0.1, -0.05) is 30.3 Å². The first-order valence-electron chi connectivity index (χ1n) is 6.46. The summed E-state index contributed by atoms with van der Waals surface area (Å²) in [5.74, 6) is -1.09. The molecule has 2 atom stereocenters. The van der Waals surface area contributed by atoms with Crippen LogP contribution < -0.4 is 10.6 Å². The number of carboxylic acids is 1. The Labute approximate surface area is 112 Å². The van der Waals surface area contributed by atoms with E-state index in [0.717, 1.165) is 12.0 Å². The summed E-state index contributed by atoms with van der Waals surface area (Å²) in [6.07, 6.45) is 1.89. The molecule has 0 unspecified atom stereocenters. The second-order valence-electron chi connectivity index (χ2n) is 4.86. The number of carbonyl (C=O) groups is 2. The van der Waals surface area contributed by atoms with Crippen LogP contribution in [0.5, 0.6) is 0 Å². The van der Waals surface area contributed by atoms with Gasteiger partial charge in [0, 0.05) is 12.6 Å². The molecule has 1 aromatic carbocycles. The van der Waals surface area contributed by atoms with Crippen LogP contribution in [0.1, 0.15) is 24.8 Å². The first-order valence-corrected chi connectivity index (χ1v) is 6.46. The number of hydrogen-bond acceptors (Lipinski definition) is 2. The molecule has 0 saturated heterocycles. The van der Waals surface area contributed by atoms with Crippen LogP contribution in [0.4, 0.5) is 4.79 Å². The van der Waals surface area contributed by atoms with Crippen molar-refractivity contribution in [2.24, 2.45) is 5.92 Å². The zero-order valence-corrected chi connectivity index (χ0v) is 10.6. The van der Waals surface area contributed by atoms with Gasteiger partial charge in [-0.05, 0) is 24.8 Å². The molecular weight excluding hydrogens is 244 g/mol. The minimum atomic E-state index is -0.769. The molecule has 0 bridgehead atoms. The summed E-state index contributed by atoms with van der Waals surface area (Å²) in [5, 5.41) is 14.5. The lowest BCUT2D eigenvalue weighted by atomic mass is 10.1. The van der Waals surface area contributed by atoms with Crippen LogP contribution in [0.25, 0.3) is 0 Å². The number of amides is 2. The Bertz CT molecular complexity index is 447. The number of nitrogens with one attached hydrogen (secondary N) is 2. The molecule has 0 radical (unpaired) electrons. The molecule has 1 saturated carbocycles. The zero-order valence-electron chi connectivity index (χ0n) is 10.6. The van der Waals surface area contributed by atoms with Crippen LogP contribution in [0.15, 0.2) is 30.3 Å². The molecule has 1 aromatic rings. The number of carbonyl (C=O) groups excluding carboxylic acids is 1. The van der Waals surface area contributed by atoms with Gasteiger partial charge >= 0.3 is 12.0 Å². The predicted octanol–water partition coefficient (Wildman–Crippen LogP) is 1.74. The summed E-state index contributed by atoms with van der Waals surface area (Å²) in [6, 6.07) is 9.38. The fourth-order valence-electron chi connectivity index (χ4n) is 2.35. The molecule has 5 heteroatoms. The lowest BCUT2D eigenvalue weighted by Gasteiger charge is -2.13. The van der Waals surface area contributed by atoms with Gasteiger partial charge in [-0.3, -0.25) is 4.79 Å². The molecule has 5 nitrogen and oxygen atoms in total. The Morgan fingerprint density at radius 1 is 1.21 bits per heavy atom. The topological polar surface area (TPSA) is 78.4 Å². The molecule has 2 amide bonds. The van der Waals surface area contributed by atoms with Gasteiger partial charge in [0.1, 0.15) is 0 Å². The molecule has 102 valence electrons. The van der Waals surface area contributed by atoms with Crippen LogP contribution in [-0.4, -0.2) is 23.1 Å². The highest BCUT2D eigenvalue weighted by atomic mass is 16.4. The Morgan fingerprint density at radius 2 is 1.95 bits per heavy atom. The van der Waals surface area contributed by atoms with Crippen LogP contribution >= 0.6 is 0 Å². The molecule has 3 N–H and O–H groups in total. The van der Waals surface area contributed by atoms with Crippen molar-refractivity contribution >= 4 is 12.0 Å². The predicted molar refractivity (Wildman–Crippen MR) is 70.6 cm³/mol. The quantitative estimate of drug-likeness (QED) is 0.773. The van der Waals surface area contributed by atoms with E-state index in [9.17, 15) is 9.59 Å². The standard InChI is InChI=1S/C14H18N2O3/c17-13(18)11-6-7-12(8-11)16-14(19)15-9-10-4-2-1-3-5-10/h1-5,11-12H,6-9H2,(H,17,18)(H2,15,16,19)/t11-,12+/m1/s1. The molecule has 0 aromatic heterocycles. The Hall–Kier alpha value is -2.04. The van der Waals surface area contributed by atoms with Gasteiger partial charge in [-0.15, -0.1) is 0 Å². The van der Waals surface area contributed by atoms with E-state index in [-0.39, 0.29) is 18.0 Å². The molecule has 1 aliphatic rings. The third-order valence-electron chi connectivity index (χ3n) is 3.41. The van der Waals surface area contributed by atoms with E-state index in [0.29, 0.717) is 19.4 Å². The lowest BCUT2D eigenvalue weighted by Crippen LogP contribution is -2.40. The van der Waals surface area contributed by atoms with Crippen molar-refractivity contribution in [2.45, 2.75) is 31.8 Å². The minimum absolute atomic E-state index is 0.0307. The number of aliphatic carboxylic acids is 1. The maximum absolute atomic E-state index is 11.7. The van der Waals surface area contributed by atoms with E-state index in [1.807, 2.05) is 30.3 Å². The van der Waals surface area contributed by atoms with Gasteiger partial charge < -0.3 is 15.7 Å². The number of carboxylic acid groups (broad SMARTS) is 1. The van der Waals surface area contributed by atoms with E-state index < -0.39 is 5.97 Å². The highest BCUT2D eigenvalue weighted by Gasteiger charge is 2.30. The number of urea groups is 1. The highest BCUT2D eigenvalue weighted by molar-refractivity contribution is 5.75. The average molecular weight is 262 g/mol. The van der Waals surface area contributed by atoms with Crippen LogP contribution in [0.3, 0.4) is 0 Å². The van der Waals surface area contributed by atoms with Crippen molar-refractivity contribution in [2.75, 3.05) is 0 Å². The molecule has 1 fully saturated rings. The molecule has 2 rings (SSSR count). The third-order valence-corrected chi connectivity index (χ3v) is 3.41. The second kappa shape index (κ2) is 6.22. The van der Waals surface area contributed by atoms with Crippen LogP contribution in [0, 0.1) is 5.92 Å². The van der Waals surface area contributed by atoms with E-state index in [1.165, 1.54) is 0 Å². The van der Waals surface area contributed by atoms with Gasteiger partial charge in [-0.2, -0.15) is 0 Å². The molecule has 0 aliphatic heterocycles. The minimum Gasteiger partial charge on any atom is -0.481 e. The number of rotatable bonds is 4.